The van der Waals surface area contributed by atoms with Gasteiger partial charge in [0.05, 0.1) is 0 Å². The van der Waals surface area contributed by atoms with Gasteiger partial charge in [-0.3, -0.25) is 0 Å². The first-order valence-electron chi connectivity index (χ1n) is 4.66. The minimum absolute atomic E-state index is 0.288. The summed E-state index contributed by atoms with van der Waals surface area (Å²) in [6.07, 6.45) is 0. The monoisotopic (exact) mass is 251 g/mol. The minimum atomic E-state index is -0.757. The Morgan fingerprint density at radius 2 is 1.73 bits per heavy atom. The van der Waals surface area contributed by atoms with Crippen molar-refractivity contribution >= 4 is 8.07 Å². The molecule has 0 radical (unpaired) electrons. The third-order valence-electron chi connectivity index (χ3n) is 4.81. The summed E-state index contributed by atoms with van der Waals surface area (Å²) in [5, 5.41) is 0. The average Bonchev–Trinajstić information content (AvgIpc) is 2.61. The molecule has 11 heavy (non-hydrogen) atoms. The van der Waals surface area contributed by atoms with E-state index in [0.29, 0.717) is 0 Å². The van der Waals surface area contributed by atoms with Gasteiger partial charge in [0.2, 0.25) is 0 Å². The van der Waals surface area contributed by atoms with Crippen LogP contribution in [0.3, 0.4) is 0 Å². The Labute approximate surface area is 76.3 Å². The Hall–Kier alpha value is 0.905. The number of rotatable bonds is 2. The fraction of sp³-hybridized carbons (Fsp3) is 1.00. The van der Waals surface area contributed by atoms with Gasteiger partial charge in [0, 0.05) is 0 Å². The summed E-state index contributed by atoms with van der Waals surface area (Å²) in [5.74, 6) is 0. The molecule has 0 aromatic carbocycles. The molecule has 63 valence electrons. The maximum atomic E-state index is 2.66. The van der Waals surface area contributed by atoms with E-state index < -0.39 is 8.07 Å². The molecule has 1 saturated carbocycles. The van der Waals surface area contributed by atoms with E-state index in [2.05, 4.69) is 33.9 Å². The van der Waals surface area contributed by atoms with Crippen molar-refractivity contribution in [1.82, 2.24) is 0 Å². The van der Waals surface area contributed by atoms with Crippen LogP contribution in [-0.4, -0.2) is 8.07 Å². The molecule has 3 atom stereocenters. The van der Waals surface area contributed by atoms with Gasteiger partial charge in [-0.1, -0.05) is 0 Å². The second kappa shape index (κ2) is 1.37. The fourth-order valence-electron chi connectivity index (χ4n) is 3.14. The van der Waals surface area contributed by atoms with Gasteiger partial charge in [-0.25, -0.2) is 0 Å². The predicted octanol–water partition coefficient (Wildman–Crippen LogP) is 3.43. The third kappa shape index (κ3) is 0.429. The Morgan fingerprint density at radius 3 is 1.82 bits per heavy atom. The normalized spacial score (nSPS) is 57.8. The summed E-state index contributed by atoms with van der Waals surface area (Å²) in [7, 11) is -0.757. The van der Waals surface area contributed by atoms with Gasteiger partial charge in [0.25, 0.3) is 0 Å². The summed E-state index contributed by atoms with van der Waals surface area (Å²) < 4.78 is 3.66. The van der Waals surface area contributed by atoms with Crippen molar-refractivity contribution in [2.75, 3.05) is 0 Å². The van der Waals surface area contributed by atoms with Crippen LogP contribution in [0, 0.1) is 0 Å². The molecule has 0 nitrogen and oxygen atoms in total. The van der Waals surface area contributed by atoms with E-state index in [1.54, 1.807) is 0 Å². The summed E-state index contributed by atoms with van der Waals surface area (Å²) in [5.41, 5.74) is 1.04. The van der Waals surface area contributed by atoms with Gasteiger partial charge < -0.3 is 0 Å². The standard InChI is InChI=1S/C9H17Si.Mo/c1-7(2)10(4,5)9-6-8(9)3;/h6-7H,1-5H3;. The van der Waals surface area contributed by atoms with Crippen LogP contribution < -0.4 is 0 Å². The SMILES string of the molecule is CC(C)[Si](C)(C)[C]12[C@H]3[Mo]1[C]32C. The van der Waals surface area contributed by atoms with Crippen LogP contribution in [0.1, 0.15) is 20.8 Å². The Bertz CT molecular complexity index is 246. The molecule has 0 bridgehead atoms. The van der Waals surface area contributed by atoms with Crippen molar-refractivity contribution in [3.63, 3.8) is 0 Å². The van der Waals surface area contributed by atoms with Crippen LogP contribution in [0.5, 0.6) is 0 Å². The molecular formula is C9H17MoSi. The molecule has 2 unspecified atom stereocenters. The van der Waals surface area contributed by atoms with Gasteiger partial charge in [-0.15, -0.1) is 0 Å². The van der Waals surface area contributed by atoms with Crippen LogP contribution in [0.4, 0.5) is 0 Å². The number of hydrogen-bond acceptors (Lipinski definition) is 0. The quantitative estimate of drug-likeness (QED) is 0.658. The summed E-state index contributed by atoms with van der Waals surface area (Å²) in [6, 6.07) is 0. The summed E-state index contributed by atoms with van der Waals surface area (Å²) >= 11 is -0.288. The summed E-state index contributed by atoms with van der Waals surface area (Å²) in [4.78, 5) is 0. The van der Waals surface area contributed by atoms with Crippen molar-refractivity contribution in [3.8, 4) is 0 Å². The first-order chi connectivity index (χ1) is 4.93. The van der Waals surface area contributed by atoms with Crippen LogP contribution >= 0.6 is 0 Å². The van der Waals surface area contributed by atoms with Crippen LogP contribution in [0.2, 0.25) is 30.2 Å². The van der Waals surface area contributed by atoms with E-state index in [1.165, 1.54) is 4.31 Å². The maximum absolute atomic E-state index is 2.66. The molecular weight excluding hydrogens is 232 g/mol. The van der Waals surface area contributed by atoms with Gasteiger partial charge in [0.1, 0.15) is 0 Å². The molecule has 0 amide bonds. The Kier molecular flexibility index (Phi) is 0.915. The molecule has 0 N–H and O–H groups in total. The van der Waals surface area contributed by atoms with Crippen molar-refractivity contribution in [2.45, 2.75) is 50.9 Å². The first-order valence-corrected chi connectivity index (χ1v) is 10.9. The van der Waals surface area contributed by atoms with Gasteiger partial charge in [0.15, 0.2) is 0 Å². The first kappa shape index (κ1) is 7.32. The van der Waals surface area contributed by atoms with Crippen LogP contribution in [0.15, 0.2) is 0 Å². The molecule has 4 fully saturated rings. The van der Waals surface area contributed by atoms with E-state index >= 15 is 0 Å². The van der Waals surface area contributed by atoms with E-state index in [4.69, 9.17) is 0 Å². The van der Waals surface area contributed by atoms with Crippen molar-refractivity contribution in [3.05, 3.63) is 0 Å². The molecule has 2 heteroatoms. The number of hydrogen-bond donors (Lipinski definition) is 0. The molecule has 0 spiro atoms. The third-order valence-corrected chi connectivity index (χ3v) is 25.0. The van der Waals surface area contributed by atoms with E-state index in [-0.39, 0.29) is 17.3 Å². The van der Waals surface area contributed by atoms with E-state index in [1.807, 2.05) is 0 Å². The van der Waals surface area contributed by atoms with E-state index in [0.717, 1.165) is 12.8 Å². The van der Waals surface area contributed by atoms with Crippen LogP contribution in [-0.2, 0) is 17.3 Å². The van der Waals surface area contributed by atoms with Gasteiger partial charge in [-0.05, 0) is 0 Å². The zero-order valence-corrected chi connectivity index (χ0v) is 11.1. The molecule has 3 saturated heterocycles. The van der Waals surface area contributed by atoms with Crippen molar-refractivity contribution in [1.29, 1.82) is 0 Å². The molecule has 0 aromatic heterocycles. The fourth-order valence-corrected chi connectivity index (χ4v) is 28.5. The Morgan fingerprint density at radius 1 is 1.36 bits per heavy atom. The predicted molar refractivity (Wildman–Crippen MR) is 47.4 cm³/mol. The van der Waals surface area contributed by atoms with Gasteiger partial charge >= 0.3 is 76.3 Å². The second-order valence-corrected chi connectivity index (χ2v) is 18.3. The topological polar surface area (TPSA) is 0 Å². The Balaban J connectivity index is 1.92. The second-order valence-electron chi connectivity index (χ2n) is 5.44. The molecule has 1 aliphatic carbocycles. The molecule has 4 aliphatic rings. The zero-order chi connectivity index (χ0) is 8.23. The molecule has 4 rings (SSSR count). The van der Waals surface area contributed by atoms with E-state index in [9.17, 15) is 0 Å². The zero-order valence-electron chi connectivity index (χ0n) is 8.06. The van der Waals surface area contributed by atoms with Crippen molar-refractivity contribution in [2.24, 2.45) is 0 Å². The summed E-state index contributed by atoms with van der Waals surface area (Å²) in [6.45, 7) is 12.9. The molecule has 3 aliphatic heterocycles. The van der Waals surface area contributed by atoms with Crippen molar-refractivity contribution < 1.29 is 17.3 Å². The van der Waals surface area contributed by atoms with Gasteiger partial charge in [-0.2, -0.15) is 0 Å². The molecule has 3 heterocycles. The average molecular weight is 249 g/mol. The molecule has 0 aromatic rings. The van der Waals surface area contributed by atoms with Crippen LogP contribution in [0.25, 0.3) is 0 Å².